The fraction of sp³-hybridized carbons (Fsp3) is 0.429. The van der Waals surface area contributed by atoms with E-state index in [2.05, 4.69) is 20.9 Å². The zero-order valence-corrected chi connectivity index (χ0v) is 19.5. The fourth-order valence-electron chi connectivity index (χ4n) is 3.05. The Kier molecular flexibility index (Phi) is 12.2. The third-order valence-corrected chi connectivity index (χ3v) is 4.81. The lowest BCUT2D eigenvalue weighted by atomic mass is 10.0. The van der Waals surface area contributed by atoms with Gasteiger partial charge in [0.25, 0.3) is 0 Å². The molecule has 0 bridgehead atoms. The van der Waals surface area contributed by atoms with Gasteiger partial charge in [0.2, 0.25) is 23.6 Å². The molecule has 0 aliphatic heterocycles. The number of benzene rings is 1. The molecule has 15 heteroatoms. The summed E-state index contributed by atoms with van der Waals surface area (Å²) in [6.07, 6.45) is -0.479. The van der Waals surface area contributed by atoms with E-state index in [-0.39, 0.29) is 37.5 Å². The Bertz CT molecular complexity index is 964. The van der Waals surface area contributed by atoms with Crippen molar-refractivity contribution in [3.8, 4) is 5.75 Å². The van der Waals surface area contributed by atoms with Crippen LogP contribution in [-0.2, 0) is 30.4 Å². The van der Waals surface area contributed by atoms with Crippen LogP contribution < -0.4 is 38.9 Å². The summed E-state index contributed by atoms with van der Waals surface area (Å²) in [5, 5.41) is 25.9. The number of carbonyl (C=O) groups excluding carboxylic acids is 4. The van der Waals surface area contributed by atoms with E-state index >= 15 is 0 Å². The van der Waals surface area contributed by atoms with Crippen LogP contribution in [0.1, 0.15) is 24.8 Å². The molecule has 0 fully saturated rings. The van der Waals surface area contributed by atoms with Crippen molar-refractivity contribution >= 4 is 35.6 Å². The Hall–Kier alpha value is -4.40. The van der Waals surface area contributed by atoms with Gasteiger partial charge in [-0.05, 0) is 30.5 Å². The van der Waals surface area contributed by atoms with Crippen LogP contribution in [0.4, 0.5) is 0 Å². The summed E-state index contributed by atoms with van der Waals surface area (Å²) < 4.78 is 0. The number of aliphatic imine (C=N–C) groups is 1. The molecule has 4 amide bonds. The Balaban J connectivity index is 2.99. The van der Waals surface area contributed by atoms with Crippen molar-refractivity contribution in [2.45, 2.75) is 43.8 Å². The molecule has 15 nitrogen and oxygen atoms in total. The lowest BCUT2D eigenvalue weighted by Crippen LogP contribution is -2.57. The number of nitrogens with two attached hydrogens (primary N) is 4. The molecule has 13 N–H and O–H groups in total. The third kappa shape index (κ3) is 11.1. The molecule has 0 aliphatic carbocycles. The normalized spacial score (nSPS) is 12.9. The zero-order chi connectivity index (χ0) is 27.3. The largest absolute Gasteiger partial charge is 0.508 e. The van der Waals surface area contributed by atoms with E-state index in [4.69, 9.17) is 22.9 Å². The minimum atomic E-state index is -1.52. The number of phenolic OH excluding ortho intramolecular Hbond substituents is 1. The quantitative estimate of drug-likeness (QED) is 0.0636. The highest BCUT2D eigenvalue weighted by Crippen LogP contribution is 2.12. The molecule has 1 aromatic carbocycles. The number of nitrogens with one attached hydrogen (secondary N) is 3. The van der Waals surface area contributed by atoms with Crippen molar-refractivity contribution in [1.82, 2.24) is 16.0 Å². The number of guanidine groups is 1. The topological polar surface area (TPSA) is 278 Å². The average molecular weight is 509 g/mol. The third-order valence-electron chi connectivity index (χ3n) is 4.81. The van der Waals surface area contributed by atoms with Crippen molar-refractivity contribution in [3.63, 3.8) is 0 Å². The SMILES string of the molecule is NCC(=O)NC(Cc1ccc(O)cc1)C(=O)NC(CC(N)=O)C(=O)NC(CCCN=C(N)N)C(=O)O. The van der Waals surface area contributed by atoms with Crippen molar-refractivity contribution in [3.05, 3.63) is 29.8 Å². The minimum Gasteiger partial charge on any atom is -0.508 e. The second-order valence-electron chi connectivity index (χ2n) is 7.77. The number of nitrogens with zero attached hydrogens (tertiary/aromatic N) is 1. The van der Waals surface area contributed by atoms with Crippen LogP contribution in [0.15, 0.2) is 29.3 Å². The summed E-state index contributed by atoms with van der Waals surface area (Å²) in [6, 6.07) is 1.74. The Morgan fingerprint density at radius 2 is 1.47 bits per heavy atom. The molecule has 0 saturated heterocycles. The fourth-order valence-corrected chi connectivity index (χ4v) is 3.05. The van der Waals surface area contributed by atoms with Crippen molar-refractivity contribution in [2.75, 3.05) is 13.1 Å². The molecule has 36 heavy (non-hydrogen) atoms. The Morgan fingerprint density at radius 3 is 2.00 bits per heavy atom. The van der Waals surface area contributed by atoms with Gasteiger partial charge in [-0.25, -0.2) is 4.79 Å². The summed E-state index contributed by atoms with van der Waals surface area (Å²) in [5.41, 5.74) is 21.5. The van der Waals surface area contributed by atoms with Crippen molar-refractivity contribution < 1.29 is 34.2 Å². The molecule has 0 aliphatic rings. The number of carboxylic acid groups (broad SMARTS) is 1. The smallest absolute Gasteiger partial charge is 0.326 e. The highest BCUT2D eigenvalue weighted by atomic mass is 16.4. The molecular weight excluding hydrogens is 476 g/mol. The van der Waals surface area contributed by atoms with Crippen LogP contribution in [0.5, 0.6) is 5.75 Å². The first-order valence-electron chi connectivity index (χ1n) is 10.9. The number of phenols is 1. The molecule has 1 aromatic rings. The number of rotatable bonds is 15. The number of primary amides is 1. The van der Waals surface area contributed by atoms with Crippen molar-refractivity contribution in [1.29, 1.82) is 0 Å². The van der Waals surface area contributed by atoms with Crippen LogP contribution in [0.3, 0.4) is 0 Å². The lowest BCUT2D eigenvalue weighted by Gasteiger charge is -2.24. The van der Waals surface area contributed by atoms with Gasteiger partial charge in [0.15, 0.2) is 5.96 Å². The van der Waals surface area contributed by atoms with E-state index in [1.165, 1.54) is 24.3 Å². The van der Waals surface area contributed by atoms with E-state index in [9.17, 15) is 34.2 Å². The highest BCUT2D eigenvalue weighted by Gasteiger charge is 2.30. The Morgan fingerprint density at radius 1 is 0.889 bits per heavy atom. The molecule has 1 rings (SSSR count). The molecule has 0 aromatic heterocycles. The molecular formula is C21H32N8O7. The van der Waals surface area contributed by atoms with Gasteiger partial charge in [0, 0.05) is 13.0 Å². The standard InChI is InChI=1S/C21H32N8O7/c22-10-17(32)27-14(8-11-3-5-12(30)6-4-11)18(33)29-15(9-16(23)31)19(34)28-13(20(35)36)2-1-7-26-21(24)25/h3-6,13-15,30H,1-2,7-10,22H2,(H2,23,31)(H,27,32)(H,28,34)(H,29,33)(H,35,36)(H4,24,25,26). The number of hydrogen-bond acceptors (Lipinski definition) is 8. The van der Waals surface area contributed by atoms with Crippen molar-refractivity contribution in [2.24, 2.45) is 27.9 Å². The molecule has 0 radical (unpaired) electrons. The maximum Gasteiger partial charge on any atom is 0.326 e. The van der Waals surface area contributed by atoms with E-state index in [1.54, 1.807) is 0 Å². The van der Waals surface area contributed by atoms with Gasteiger partial charge in [-0.15, -0.1) is 0 Å². The molecule has 0 saturated carbocycles. The minimum absolute atomic E-state index is 0.00442. The lowest BCUT2D eigenvalue weighted by molar-refractivity contribution is -0.142. The van der Waals surface area contributed by atoms with Gasteiger partial charge >= 0.3 is 5.97 Å². The number of aromatic hydroxyl groups is 1. The predicted octanol–water partition coefficient (Wildman–Crippen LogP) is -3.64. The van der Waals surface area contributed by atoms with Crippen LogP contribution in [-0.4, -0.2) is 77.0 Å². The van der Waals surface area contributed by atoms with Gasteiger partial charge in [0.1, 0.15) is 23.9 Å². The van der Waals surface area contributed by atoms with Crippen LogP contribution in [0.25, 0.3) is 0 Å². The van der Waals surface area contributed by atoms with Gasteiger partial charge in [-0.2, -0.15) is 0 Å². The highest BCUT2D eigenvalue weighted by molar-refractivity contribution is 5.95. The molecule has 3 atom stereocenters. The first-order valence-corrected chi connectivity index (χ1v) is 10.9. The second kappa shape index (κ2) is 14.8. The van der Waals surface area contributed by atoms with Gasteiger partial charge in [-0.1, -0.05) is 12.1 Å². The maximum absolute atomic E-state index is 13.0. The molecule has 3 unspecified atom stereocenters. The number of carboxylic acids is 1. The first kappa shape index (κ1) is 29.6. The van der Waals surface area contributed by atoms with Crippen LogP contribution in [0, 0.1) is 0 Å². The zero-order valence-electron chi connectivity index (χ0n) is 19.5. The molecule has 0 heterocycles. The van der Waals surface area contributed by atoms with Crippen LogP contribution >= 0.6 is 0 Å². The number of carbonyl (C=O) groups is 5. The Labute approximate surface area is 206 Å². The molecule has 0 spiro atoms. The summed E-state index contributed by atoms with van der Waals surface area (Å²) >= 11 is 0. The maximum atomic E-state index is 13.0. The first-order chi connectivity index (χ1) is 16.9. The van der Waals surface area contributed by atoms with Gasteiger partial charge in [0.05, 0.1) is 13.0 Å². The number of aliphatic carboxylic acids is 1. The second-order valence-corrected chi connectivity index (χ2v) is 7.77. The average Bonchev–Trinajstić information content (AvgIpc) is 2.80. The van der Waals surface area contributed by atoms with E-state index in [0.29, 0.717) is 5.56 Å². The van der Waals surface area contributed by atoms with Gasteiger partial charge < -0.3 is 49.1 Å². The van der Waals surface area contributed by atoms with E-state index in [1.807, 2.05) is 0 Å². The number of amides is 4. The summed E-state index contributed by atoms with van der Waals surface area (Å²) in [4.78, 5) is 64.4. The summed E-state index contributed by atoms with van der Waals surface area (Å²) in [7, 11) is 0. The van der Waals surface area contributed by atoms with Crippen LogP contribution in [0.2, 0.25) is 0 Å². The van der Waals surface area contributed by atoms with Gasteiger partial charge in [-0.3, -0.25) is 24.2 Å². The predicted molar refractivity (Wildman–Crippen MR) is 128 cm³/mol. The summed E-state index contributed by atoms with van der Waals surface area (Å²) in [5.74, 6) is -4.92. The summed E-state index contributed by atoms with van der Waals surface area (Å²) in [6.45, 7) is -0.284. The van der Waals surface area contributed by atoms with E-state index in [0.717, 1.165) is 0 Å². The number of hydrogen-bond donors (Lipinski definition) is 9. The molecule has 198 valence electrons. The van der Waals surface area contributed by atoms with E-state index < -0.39 is 60.7 Å². The monoisotopic (exact) mass is 508 g/mol.